The van der Waals surface area contributed by atoms with E-state index >= 15 is 0 Å². The van der Waals surface area contributed by atoms with Crippen LogP contribution in [-0.2, 0) is 11.3 Å². The lowest BCUT2D eigenvalue weighted by Gasteiger charge is -2.12. The molecule has 0 aliphatic rings. The van der Waals surface area contributed by atoms with E-state index in [1.54, 1.807) is 22.9 Å². The van der Waals surface area contributed by atoms with Crippen molar-refractivity contribution in [3.63, 3.8) is 0 Å². The molecule has 0 fully saturated rings. The summed E-state index contributed by atoms with van der Waals surface area (Å²) in [5.74, 6) is -0.123. The summed E-state index contributed by atoms with van der Waals surface area (Å²) in [4.78, 5) is 12.0. The van der Waals surface area contributed by atoms with Crippen LogP contribution in [0.15, 0.2) is 24.3 Å². The highest BCUT2D eigenvalue weighted by molar-refractivity contribution is 5.90. The smallest absolute Gasteiger partial charge is 0.338 e. The third kappa shape index (κ3) is 3.33. The number of aromatic nitrogens is 3. The van der Waals surface area contributed by atoms with Gasteiger partial charge in [-0.05, 0) is 38.0 Å². The van der Waals surface area contributed by atoms with E-state index < -0.39 is 0 Å². The largest absolute Gasteiger partial charge is 0.459 e. The number of carbonyl (C=O) groups is 1. The molecule has 2 rings (SSSR count). The number of carbonyl (C=O) groups excluding carboxylic acids is 1. The predicted molar refractivity (Wildman–Crippen MR) is 83.9 cm³/mol. The topological polar surface area (TPSA) is 83.0 Å². The Kier molecular flexibility index (Phi) is 4.92. The molecule has 0 spiro atoms. The Morgan fingerprint density at radius 1 is 1.32 bits per heavy atom. The minimum atomic E-state index is -0.345. The summed E-state index contributed by atoms with van der Waals surface area (Å²) in [6, 6.07) is 7.17. The van der Waals surface area contributed by atoms with Gasteiger partial charge in [0.2, 0.25) is 0 Å². The molecule has 2 N–H and O–H groups in total. The fraction of sp³-hybridized carbons (Fsp3) is 0.438. The third-order valence-electron chi connectivity index (χ3n) is 3.19. The standard InChI is InChI=1S/C16H22N4O2/c1-10(2)15-14(9-17)18-19-20(15)13-7-5-6-12(8-13)16(21)22-11(3)4/h5-8,10-11H,9,17H2,1-4H3. The number of nitrogens with two attached hydrogens (primary N) is 1. The van der Waals surface area contributed by atoms with Crippen molar-refractivity contribution in [2.45, 2.75) is 46.3 Å². The van der Waals surface area contributed by atoms with Crippen LogP contribution in [0.25, 0.3) is 5.69 Å². The number of ether oxygens (including phenoxy) is 1. The summed E-state index contributed by atoms with van der Waals surface area (Å²) in [6.07, 6.45) is -0.155. The predicted octanol–water partition coefficient (Wildman–Crippen LogP) is 2.41. The first kappa shape index (κ1) is 16.2. The first-order valence-electron chi connectivity index (χ1n) is 7.40. The molecular weight excluding hydrogens is 280 g/mol. The molecule has 0 aliphatic heterocycles. The summed E-state index contributed by atoms with van der Waals surface area (Å²) in [7, 11) is 0. The number of hydrogen-bond donors (Lipinski definition) is 1. The molecule has 2 aromatic rings. The molecule has 0 saturated heterocycles. The van der Waals surface area contributed by atoms with Gasteiger partial charge in [-0.3, -0.25) is 0 Å². The van der Waals surface area contributed by atoms with E-state index in [4.69, 9.17) is 10.5 Å². The maximum atomic E-state index is 12.0. The number of benzene rings is 1. The molecule has 6 heteroatoms. The molecule has 0 radical (unpaired) electrons. The number of esters is 1. The lowest BCUT2D eigenvalue weighted by Crippen LogP contribution is -2.13. The van der Waals surface area contributed by atoms with Gasteiger partial charge < -0.3 is 10.5 Å². The summed E-state index contributed by atoms with van der Waals surface area (Å²) in [6.45, 7) is 8.10. The zero-order valence-corrected chi connectivity index (χ0v) is 13.4. The number of rotatable bonds is 5. The highest BCUT2D eigenvalue weighted by Gasteiger charge is 2.17. The van der Waals surface area contributed by atoms with Crippen molar-refractivity contribution in [3.8, 4) is 5.69 Å². The van der Waals surface area contributed by atoms with Crippen molar-refractivity contribution in [2.24, 2.45) is 5.73 Å². The van der Waals surface area contributed by atoms with E-state index in [9.17, 15) is 4.79 Å². The average Bonchev–Trinajstić information content (AvgIpc) is 2.90. The van der Waals surface area contributed by atoms with Crippen LogP contribution >= 0.6 is 0 Å². The fourth-order valence-electron chi connectivity index (χ4n) is 2.28. The van der Waals surface area contributed by atoms with Crippen molar-refractivity contribution in [1.29, 1.82) is 0 Å². The van der Waals surface area contributed by atoms with Crippen LogP contribution in [0.1, 0.15) is 55.4 Å². The molecular formula is C16H22N4O2. The Bertz CT molecular complexity index is 662. The van der Waals surface area contributed by atoms with E-state index in [0.29, 0.717) is 12.1 Å². The Morgan fingerprint density at radius 3 is 2.64 bits per heavy atom. The Balaban J connectivity index is 2.42. The molecule has 118 valence electrons. The summed E-state index contributed by atoms with van der Waals surface area (Å²) in [5.41, 5.74) is 8.71. The van der Waals surface area contributed by atoms with Gasteiger partial charge in [-0.2, -0.15) is 0 Å². The zero-order chi connectivity index (χ0) is 16.3. The van der Waals surface area contributed by atoms with Crippen LogP contribution in [0.5, 0.6) is 0 Å². The second-order valence-corrected chi connectivity index (χ2v) is 5.70. The van der Waals surface area contributed by atoms with Crippen molar-refractivity contribution in [3.05, 3.63) is 41.2 Å². The molecule has 0 saturated carbocycles. The minimum Gasteiger partial charge on any atom is -0.459 e. The summed E-state index contributed by atoms with van der Waals surface area (Å²) < 4.78 is 6.96. The molecule has 22 heavy (non-hydrogen) atoms. The Morgan fingerprint density at radius 2 is 2.05 bits per heavy atom. The van der Waals surface area contributed by atoms with Gasteiger partial charge in [0.15, 0.2) is 0 Å². The van der Waals surface area contributed by atoms with E-state index in [2.05, 4.69) is 24.2 Å². The summed E-state index contributed by atoms with van der Waals surface area (Å²) in [5, 5.41) is 8.30. The minimum absolute atomic E-state index is 0.155. The van der Waals surface area contributed by atoms with Gasteiger partial charge in [0, 0.05) is 6.54 Å². The zero-order valence-electron chi connectivity index (χ0n) is 13.4. The maximum Gasteiger partial charge on any atom is 0.338 e. The lowest BCUT2D eigenvalue weighted by atomic mass is 10.1. The molecule has 0 unspecified atom stereocenters. The highest BCUT2D eigenvalue weighted by atomic mass is 16.5. The van der Waals surface area contributed by atoms with Crippen LogP contribution in [-0.4, -0.2) is 27.1 Å². The van der Waals surface area contributed by atoms with Crippen molar-refractivity contribution < 1.29 is 9.53 Å². The normalized spacial score (nSPS) is 11.2. The van der Waals surface area contributed by atoms with Crippen LogP contribution in [0.2, 0.25) is 0 Å². The molecule has 0 bridgehead atoms. The van der Waals surface area contributed by atoms with Gasteiger partial charge in [-0.25, -0.2) is 9.48 Å². The van der Waals surface area contributed by atoms with Gasteiger partial charge in [-0.1, -0.05) is 25.1 Å². The maximum absolute atomic E-state index is 12.0. The monoisotopic (exact) mass is 302 g/mol. The molecule has 0 aliphatic carbocycles. The first-order chi connectivity index (χ1) is 10.4. The molecule has 1 heterocycles. The van der Waals surface area contributed by atoms with Gasteiger partial charge in [0.1, 0.15) is 5.69 Å². The van der Waals surface area contributed by atoms with Crippen molar-refractivity contribution >= 4 is 5.97 Å². The van der Waals surface area contributed by atoms with Gasteiger partial charge in [0.05, 0.1) is 23.0 Å². The van der Waals surface area contributed by atoms with E-state index in [0.717, 1.165) is 17.1 Å². The lowest BCUT2D eigenvalue weighted by molar-refractivity contribution is 0.0378. The van der Waals surface area contributed by atoms with Crippen LogP contribution in [0, 0.1) is 0 Å². The second kappa shape index (κ2) is 6.70. The molecule has 6 nitrogen and oxygen atoms in total. The Labute approximate surface area is 130 Å². The van der Waals surface area contributed by atoms with Crippen molar-refractivity contribution in [1.82, 2.24) is 15.0 Å². The SMILES string of the molecule is CC(C)OC(=O)c1cccc(-n2nnc(CN)c2C(C)C)c1. The van der Waals surface area contributed by atoms with Crippen LogP contribution < -0.4 is 5.73 Å². The first-order valence-corrected chi connectivity index (χ1v) is 7.40. The highest BCUT2D eigenvalue weighted by Crippen LogP contribution is 2.22. The van der Waals surface area contributed by atoms with E-state index in [1.807, 2.05) is 19.9 Å². The van der Waals surface area contributed by atoms with Gasteiger partial charge >= 0.3 is 5.97 Å². The fourth-order valence-corrected chi connectivity index (χ4v) is 2.28. The van der Waals surface area contributed by atoms with Gasteiger partial charge in [0.25, 0.3) is 0 Å². The second-order valence-electron chi connectivity index (χ2n) is 5.70. The Hall–Kier alpha value is -2.21. The number of nitrogens with zero attached hydrogens (tertiary/aromatic N) is 3. The van der Waals surface area contributed by atoms with Crippen LogP contribution in [0.3, 0.4) is 0 Å². The molecule has 1 aromatic carbocycles. The van der Waals surface area contributed by atoms with Gasteiger partial charge in [-0.15, -0.1) is 5.10 Å². The molecule has 1 aromatic heterocycles. The van der Waals surface area contributed by atoms with E-state index in [-0.39, 0.29) is 18.0 Å². The molecule has 0 amide bonds. The van der Waals surface area contributed by atoms with Crippen LogP contribution in [0.4, 0.5) is 0 Å². The third-order valence-corrected chi connectivity index (χ3v) is 3.19. The average molecular weight is 302 g/mol. The summed E-state index contributed by atoms with van der Waals surface area (Å²) >= 11 is 0. The number of hydrogen-bond acceptors (Lipinski definition) is 5. The molecule has 0 atom stereocenters. The van der Waals surface area contributed by atoms with E-state index in [1.165, 1.54) is 0 Å². The quantitative estimate of drug-likeness (QED) is 0.858. The van der Waals surface area contributed by atoms with Crippen molar-refractivity contribution in [2.75, 3.05) is 0 Å².